The Morgan fingerprint density at radius 2 is 1.85 bits per heavy atom. The Balaban J connectivity index is 1.59. The van der Waals surface area contributed by atoms with Crippen LogP contribution in [0.2, 0.25) is 0 Å². The fraction of sp³-hybridized carbons (Fsp3) is 0.471. The molecule has 1 fully saturated rings. The average molecular weight is 268 g/mol. The molecule has 1 N–H and O–H groups in total. The van der Waals surface area contributed by atoms with E-state index in [1.54, 1.807) is 0 Å². The van der Waals surface area contributed by atoms with Crippen LogP contribution in [0.25, 0.3) is 5.69 Å². The van der Waals surface area contributed by atoms with Crippen molar-refractivity contribution in [3.8, 4) is 5.69 Å². The maximum atomic E-state index is 9.36. The molecule has 0 bridgehead atoms. The van der Waals surface area contributed by atoms with Crippen LogP contribution in [-0.2, 0) is 12.8 Å². The highest BCUT2D eigenvalue weighted by Gasteiger charge is 2.48. The summed E-state index contributed by atoms with van der Waals surface area (Å²) in [5.74, 6) is 2.07. The van der Waals surface area contributed by atoms with E-state index < -0.39 is 0 Å². The first kappa shape index (κ1) is 12.2. The second-order valence-electron chi connectivity index (χ2n) is 6.13. The zero-order chi connectivity index (χ0) is 13.5. The molecule has 2 aliphatic carbocycles. The van der Waals surface area contributed by atoms with E-state index in [2.05, 4.69) is 30.5 Å². The van der Waals surface area contributed by atoms with Crippen LogP contribution in [0.15, 0.2) is 36.5 Å². The van der Waals surface area contributed by atoms with E-state index in [1.165, 1.54) is 24.1 Å². The molecule has 3 heteroatoms. The van der Waals surface area contributed by atoms with Gasteiger partial charge in [0, 0.05) is 12.8 Å². The molecule has 0 radical (unpaired) electrons. The molecule has 1 saturated carbocycles. The number of aliphatic hydroxyl groups is 1. The smallest absolute Gasteiger partial charge is 0.0661 e. The number of fused-ring (bicyclic) bond motifs is 2. The zero-order valence-corrected chi connectivity index (χ0v) is 11.6. The van der Waals surface area contributed by atoms with Gasteiger partial charge < -0.3 is 5.11 Å². The lowest BCUT2D eigenvalue weighted by Gasteiger charge is -2.06. The molecule has 1 heterocycles. The molecule has 0 amide bonds. The Hall–Kier alpha value is -1.61. The van der Waals surface area contributed by atoms with Crippen LogP contribution in [-0.4, -0.2) is 21.5 Å². The molecule has 1 aromatic heterocycles. The quantitative estimate of drug-likeness (QED) is 0.909. The third-order valence-corrected chi connectivity index (χ3v) is 5.08. The number of aromatic nitrogens is 2. The standard InChI is InChI=1S/C17H20N2O/c20-11-16-14-7-6-12-10-19(13-4-2-1-3-5-13)18-17(12)9-8-15(14)16/h1-5,10,14-16,20H,6-9,11H2/t14-,15+,16-/m0/s1. The number of hydrogen-bond donors (Lipinski definition) is 1. The summed E-state index contributed by atoms with van der Waals surface area (Å²) >= 11 is 0. The summed E-state index contributed by atoms with van der Waals surface area (Å²) in [6.07, 6.45) is 6.77. The Morgan fingerprint density at radius 1 is 1.10 bits per heavy atom. The number of aryl methyl sites for hydroxylation is 2. The van der Waals surface area contributed by atoms with Gasteiger partial charge in [-0.15, -0.1) is 0 Å². The third-order valence-electron chi connectivity index (χ3n) is 5.08. The van der Waals surface area contributed by atoms with Crippen molar-refractivity contribution in [3.05, 3.63) is 47.8 Å². The molecular weight excluding hydrogens is 248 g/mol. The monoisotopic (exact) mass is 268 g/mol. The first-order valence-electron chi connectivity index (χ1n) is 7.60. The van der Waals surface area contributed by atoms with Crippen LogP contribution in [0.1, 0.15) is 24.1 Å². The van der Waals surface area contributed by atoms with Crippen molar-refractivity contribution in [2.45, 2.75) is 25.7 Å². The van der Waals surface area contributed by atoms with Gasteiger partial charge in [-0.2, -0.15) is 5.10 Å². The number of para-hydroxylation sites is 1. The van der Waals surface area contributed by atoms with Crippen LogP contribution < -0.4 is 0 Å². The summed E-state index contributed by atoms with van der Waals surface area (Å²) in [4.78, 5) is 0. The van der Waals surface area contributed by atoms with Gasteiger partial charge in [0.2, 0.25) is 0 Å². The average Bonchev–Trinajstić information content (AvgIpc) is 2.99. The number of nitrogens with zero attached hydrogens (tertiary/aromatic N) is 2. The maximum Gasteiger partial charge on any atom is 0.0661 e. The van der Waals surface area contributed by atoms with Crippen molar-refractivity contribution < 1.29 is 5.11 Å². The van der Waals surface area contributed by atoms with E-state index in [1.807, 2.05) is 10.7 Å². The Morgan fingerprint density at radius 3 is 2.60 bits per heavy atom. The summed E-state index contributed by atoms with van der Waals surface area (Å²) in [7, 11) is 0. The minimum atomic E-state index is 0.372. The van der Waals surface area contributed by atoms with Crippen molar-refractivity contribution in [2.75, 3.05) is 6.61 Å². The summed E-state index contributed by atoms with van der Waals surface area (Å²) in [5, 5.41) is 14.1. The van der Waals surface area contributed by atoms with E-state index in [9.17, 15) is 5.11 Å². The lowest BCUT2D eigenvalue weighted by Crippen LogP contribution is -2.00. The van der Waals surface area contributed by atoms with Crippen LogP contribution in [0, 0.1) is 17.8 Å². The lowest BCUT2D eigenvalue weighted by molar-refractivity contribution is 0.262. The van der Waals surface area contributed by atoms with Crippen molar-refractivity contribution in [2.24, 2.45) is 17.8 Å². The summed E-state index contributed by atoms with van der Waals surface area (Å²) in [6, 6.07) is 10.3. The summed E-state index contributed by atoms with van der Waals surface area (Å²) in [5.41, 5.74) is 3.80. The minimum absolute atomic E-state index is 0.372. The van der Waals surface area contributed by atoms with Gasteiger partial charge in [0.25, 0.3) is 0 Å². The maximum absolute atomic E-state index is 9.36. The largest absolute Gasteiger partial charge is 0.396 e. The van der Waals surface area contributed by atoms with E-state index in [0.29, 0.717) is 12.5 Å². The van der Waals surface area contributed by atoms with Gasteiger partial charge in [0.15, 0.2) is 0 Å². The number of hydrogen-bond acceptors (Lipinski definition) is 2. The molecule has 0 aliphatic heterocycles. The fourth-order valence-electron chi connectivity index (χ4n) is 3.85. The molecule has 1 aromatic carbocycles. The molecule has 3 nitrogen and oxygen atoms in total. The molecule has 0 spiro atoms. The summed E-state index contributed by atoms with van der Waals surface area (Å²) < 4.78 is 2.02. The fourth-order valence-corrected chi connectivity index (χ4v) is 3.85. The Labute approximate surface area is 119 Å². The van der Waals surface area contributed by atoms with E-state index in [4.69, 9.17) is 5.10 Å². The van der Waals surface area contributed by atoms with E-state index in [0.717, 1.165) is 30.4 Å². The number of benzene rings is 1. The highest BCUT2D eigenvalue weighted by Crippen LogP contribution is 2.52. The van der Waals surface area contributed by atoms with Crippen molar-refractivity contribution in [1.82, 2.24) is 9.78 Å². The van der Waals surface area contributed by atoms with Gasteiger partial charge in [0.1, 0.15) is 0 Å². The second kappa shape index (κ2) is 4.74. The molecule has 2 aromatic rings. The van der Waals surface area contributed by atoms with Crippen LogP contribution in [0.4, 0.5) is 0 Å². The molecule has 104 valence electrons. The SMILES string of the molecule is OC[C@H]1[C@H]2CCc3cn(-c4ccccc4)nc3CC[C@@H]12. The van der Waals surface area contributed by atoms with Crippen LogP contribution in [0.5, 0.6) is 0 Å². The van der Waals surface area contributed by atoms with E-state index in [-0.39, 0.29) is 0 Å². The van der Waals surface area contributed by atoms with Gasteiger partial charge in [-0.3, -0.25) is 0 Å². The third kappa shape index (κ3) is 1.97. The normalized spacial score (nSPS) is 28.1. The van der Waals surface area contributed by atoms with Gasteiger partial charge >= 0.3 is 0 Å². The predicted octanol–water partition coefficient (Wildman–Crippen LogP) is 2.61. The topological polar surface area (TPSA) is 38.0 Å². The van der Waals surface area contributed by atoms with E-state index >= 15 is 0 Å². The van der Waals surface area contributed by atoms with Crippen molar-refractivity contribution >= 4 is 0 Å². The summed E-state index contributed by atoms with van der Waals surface area (Å²) in [6.45, 7) is 0.372. The molecule has 0 unspecified atom stereocenters. The lowest BCUT2D eigenvalue weighted by atomic mass is 9.99. The second-order valence-corrected chi connectivity index (χ2v) is 6.13. The first-order valence-corrected chi connectivity index (χ1v) is 7.60. The van der Waals surface area contributed by atoms with Crippen LogP contribution in [0.3, 0.4) is 0 Å². The van der Waals surface area contributed by atoms with Gasteiger partial charge in [-0.1, -0.05) is 18.2 Å². The number of rotatable bonds is 2. The van der Waals surface area contributed by atoms with Gasteiger partial charge in [0.05, 0.1) is 11.4 Å². The molecule has 4 rings (SSSR count). The molecule has 0 saturated heterocycles. The van der Waals surface area contributed by atoms with Crippen LogP contribution >= 0.6 is 0 Å². The Bertz CT molecular complexity index is 573. The van der Waals surface area contributed by atoms with Gasteiger partial charge in [-0.25, -0.2) is 4.68 Å². The number of aliphatic hydroxyl groups excluding tert-OH is 1. The molecule has 2 aliphatic rings. The molecule has 3 atom stereocenters. The highest BCUT2D eigenvalue weighted by atomic mass is 16.3. The molecule has 20 heavy (non-hydrogen) atoms. The predicted molar refractivity (Wildman–Crippen MR) is 77.8 cm³/mol. The molecular formula is C17H20N2O. The minimum Gasteiger partial charge on any atom is -0.396 e. The van der Waals surface area contributed by atoms with Crippen molar-refractivity contribution in [3.63, 3.8) is 0 Å². The first-order chi connectivity index (χ1) is 9.86. The van der Waals surface area contributed by atoms with Gasteiger partial charge in [-0.05, 0) is 61.1 Å². The van der Waals surface area contributed by atoms with Crippen molar-refractivity contribution in [1.29, 1.82) is 0 Å². The highest BCUT2D eigenvalue weighted by molar-refractivity contribution is 5.33. The zero-order valence-electron chi connectivity index (χ0n) is 11.6. The Kier molecular flexibility index (Phi) is 2.88.